The number of rotatable bonds is 5. The van der Waals surface area contributed by atoms with E-state index in [2.05, 4.69) is 23.1 Å². The van der Waals surface area contributed by atoms with Crippen molar-refractivity contribution in [2.24, 2.45) is 15.7 Å². The van der Waals surface area contributed by atoms with Gasteiger partial charge in [-0.25, -0.2) is 14.7 Å². The van der Waals surface area contributed by atoms with Crippen LogP contribution in [0, 0.1) is 0 Å². The van der Waals surface area contributed by atoms with Crippen LogP contribution in [0.1, 0.15) is 52.9 Å². The Morgan fingerprint density at radius 1 is 1.33 bits per heavy atom. The molecule has 0 atom stereocenters. The van der Waals surface area contributed by atoms with Crippen molar-refractivity contribution >= 4 is 18.4 Å². The third kappa shape index (κ3) is 7.44. The van der Waals surface area contributed by atoms with Gasteiger partial charge in [0.2, 0.25) is 5.96 Å². The van der Waals surface area contributed by atoms with Crippen LogP contribution in [0.5, 0.6) is 0 Å². The molecule has 0 radical (unpaired) electrons. The van der Waals surface area contributed by atoms with E-state index in [1.54, 1.807) is 26.8 Å². The Kier molecular flexibility index (Phi) is 7.68. The lowest BCUT2D eigenvalue weighted by Gasteiger charge is -2.26. The van der Waals surface area contributed by atoms with E-state index in [-0.39, 0.29) is 12.5 Å². The minimum absolute atomic E-state index is 0.0341. The average molecular weight is 334 g/mol. The number of guanidine groups is 1. The van der Waals surface area contributed by atoms with Crippen molar-refractivity contribution in [3.63, 3.8) is 0 Å². The van der Waals surface area contributed by atoms with Crippen LogP contribution in [0.2, 0.25) is 0 Å². The molecule has 1 fully saturated rings. The normalized spacial score (nSPS) is 16.9. The molecule has 6 heteroatoms. The van der Waals surface area contributed by atoms with Gasteiger partial charge in [-0.15, -0.1) is 0 Å². The van der Waals surface area contributed by atoms with E-state index < -0.39 is 11.7 Å². The molecule has 0 saturated heterocycles. The second kappa shape index (κ2) is 9.25. The molecule has 1 saturated carbocycles. The summed E-state index contributed by atoms with van der Waals surface area (Å²) in [6.45, 7) is 13.0. The maximum atomic E-state index is 12.3. The summed E-state index contributed by atoms with van der Waals surface area (Å²) in [5.41, 5.74) is 5.98. The number of hydrogen-bond acceptors (Lipinski definition) is 3. The van der Waals surface area contributed by atoms with Gasteiger partial charge in [0.1, 0.15) is 11.9 Å². The predicted octanol–water partition coefficient (Wildman–Crippen LogP) is 3.64. The lowest BCUT2D eigenvalue weighted by molar-refractivity contribution is 0.0380. The fraction of sp³-hybridized carbons (Fsp3) is 0.611. The Morgan fingerprint density at radius 2 is 1.96 bits per heavy atom. The molecule has 0 bridgehead atoms. The molecule has 0 aromatic rings. The number of nitrogens with zero attached hydrogens (tertiary/aromatic N) is 3. The van der Waals surface area contributed by atoms with Gasteiger partial charge < -0.3 is 10.5 Å². The second-order valence-corrected chi connectivity index (χ2v) is 6.97. The number of amides is 1. The highest BCUT2D eigenvalue weighted by molar-refractivity contribution is 5.96. The monoisotopic (exact) mass is 334 g/mol. The average Bonchev–Trinajstić information content (AvgIpc) is 2.51. The minimum atomic E-state index is -0.624. The Balaban J connectivity index is 2.80. The van der Waals surface area contributed by atoms with E-state index in [0.29, 0.717) is 11.6 Å². The molecule has 0 aromatic heterocycles. The van der Waals surface area contributed by atoms with Gasteiger partial charge in [0.05, 0.1) is 12.6 Å². The van der Waals surface area contributed by atoms with Gasteiger partial charge in [-0.3, -0.25) is 4.99 Å². The SMILES string of the molecule is C=CC(=C)CN(C(=O)OC(C)(C)C)C(N)=NC=NC1CCCCC1. The number of carbonyl (C=O) groups excluding carboxylic acids is 1. The van der Waals surface area contributed by atoms with E-state index in [4.69, 9.17) is 10.5 Å². The molecule has 0 unspecified atom stereocenters. The summed E-state index contributed by atoms with van der Waals surface area (Å²) in [5, 5.41) is 0. The third-order valence-corrected chi connectivity index (χ3v) is 3.58. The first-order chi connectivity index (χ1) is 11.2. The number of aliphatic imine (C=N–C) groups is 2. The minimum Gasteiger partial charge on any atom is -0.443 e. The molecule has 0 aromatic carbocycles. The molecule has 24 heavy (non-hydrogen) atoms. The van der Waals surface area contributed by atoms with E-state index in [1.165, 1.54) is 30.5 Å². The van der Waals surface area contributed by atoms with E-state index in [0.717, 1.165) is 12.8 Å². The molecule has 0 spiro atoms. The van der Waals surface area contributed by atoms with Gasteiger partial charge in [0, 0.05) is 0 Å². The lowest BCUT2D eigenvalue weighted by atomic mass is 9.96. The maximum Gasteiger partial charge on any atom is 0.417 e. The molecule has 6 nitrogen and oxygen atoms in total. The Bertz CT molecular complexity index is 512. The van der Waals surface area contributed by atoms with Crippen LogP contribution in [-0.2, 0) is 4.74 Å². The van der Waals surface area contributed by atoms with Crippen molar-refractivity contribution in [2.75, 3.05) is 6.54 Å². The molecule has 1 aliphatic carbocycles. The van der Waals surface area contributed by atoms with Crippen LogP contribution in [0.4, 0.5) is 4.79 Å². The number of ether oxygens (including phenoxy) is 1. The fourth-order valence-electron chi connectivity index (χ4n) is 2.31. The van der Waals surface area contributed by atoms with Crippen LogP contribution in [0.15, 0.2) is 34.8 Å². The van der Waals surface area contributed by atoms with Crippen LogP contribution in [0.3, 0.4) is 0 Å². The molecule has 0 aliphatic heterocycles. The van der Waals surface area contributed by atoms with Crippen LogP contribution in [-0.4, -0.2) is 41.5 Å². The van der Waals surface area contributed by atoms with E-state index in [1.807, 2.05) is 0 Å². The van der Waals surface area contributed by atoms with Gasteiger partial charge in [-0.2, -0.15) is 0 Å². The summed E-state index contributed by atoms with van der Waals surface area (Å²) >= 11 is 0. The lowest BCUT2D eigenvalue weighted by Crippen LogP contribution is -2.45. The molecular formula is C18H30N4O2. The van der Waals surface area contributed by atoms with Crippen molar-refractivity contribution in [1.29, 1.82) is 0 Å². The number of hydrogen-bond donors (Lipinski definition) is 1. The second-order valence-electron chi connectivity index (χ2n) is 6.97. The maximum absolute atomic E-state index is 12.3. The van der Waals surface area contributed by atoms with Gasteiger partial charge in [-0.05, 0) is 39.2 Å². The summed E-state index contributed by atoms with van der Waals surface area (Å²) in [4.78, 5) is 22.1. The Labute approximate surface area is 145 Å². The first-order valence-corrected chi connectivity index (χ1v) is 8.38. The molecule has 2 N–H and O–H groups in total. The largest absolute Gasteiger partial charge is 0.443 e. The summed E-state index contributed by atoms with van der Waals surface area (Å²) in [5.74, 6) is 0.0341. The van der Waals surface area contributed by atoms with E-state index >= 15 is 0 Å². The van der Waals surface area contributed by atoms with Crippen LogP contribution in [0.25, 0.3) is 0 Å². The highest BCUT2D eigenvalue weighted by atomic mass is 16.6. The smallest absolute Gasteiger partial charge is 0.417 e. The molecule has 0 heterocycles. The summed E-state index contributed by atoms with van der Waals surface area (Å²) < 4.78 is 5.37. The molecule has 1 rings (SSSR count). The molecule has 1 aliphatic rings. The summed E-state index contributed by atoms with van der Waals surface area (Å²) in [6.07, 6.45) is 8.27. The van der Waals surface area contributed by atoms with Gasteiger partial charge >= 0.3 is 6.09 Å². The Hall–Kier alpha value is -2.11. The third-order valence-electron chi connectivity index (χ3n) is 3.58. The topological polar surface area (TPSA) is 80.3 Å². The van der Waals surface area contributed by atoms with E-state index in [9.17, 15) is 4.79 Å². The number of nitrogens with two attached hydrogens (primary N) is 1. The summed E-state index contributed by atoms with van der Waals surface area (Å²) in [6, 6.07) is 0.299. The molecular weight excluding hydrogens is 304 g/mol. The standard InChI is InChI=1S/C18H30N4O2/c1-6-14(2)12-22(17(23)24-18(3,4)5)16(19)21-13-20-15-10-8-7-9-11-15/h6,13,15H,1-2,7-12H2,3-5H3,(H2,19,20,21). The molecule has 134 valence electrons. The van der Waals surface area contributed by atoms with Crippen LogP contribution < -0.4 is 5.73 Å². The quantitative estimate of drug-likeness (QED) is 0.473. The van der Waals surface area contributed by atoms with Crippen molar-refractivity contribution in [2.45, 2.75) is 64.5 Å². The van der Waals surface area contributed by atoms with Crippen molar-refractivity contribution in [3.05, 3.63) is 24.8 Å². The molecule has 1 amide bonds. The van der Waals surface area contributed by atoms with Crippen molar-refractivity contribution in [1.82, 2.24) is 4.90 Å². The van der Waals surface area contributed by atoms with Gasteiger partial charge in [-0.1, -0.05) is 38.5 Å². The van der Waals surface area contributed by atoms with Crippen molar-refractivity contribution < 1.29 is 9.53 Å². The van der Waals surface area contributed by atoms with Gasteiger partial charge in [0.15, 0.2) is 0 Å². The summed E-state index contributed by atoms with van der Waals surface area (Å²) in [7, 11) is 0. The zero-order valence-electron chi connectivity index (χ0n) is 15.1. The van der Waals surface area contributed by atoms with Crippen molar-refractivity contribution in [3.8, 4) is 0 Å². The highest BCUT2D eigenvalue weighted by Crippen LogP contribution is 2.19. The number of carbonyl (C=O) groups is 1. The van der Waals surface area contributed by atoms with Gasteiger partial charge in [0.25, 0.3) is 0 Å². The first-order valence-electron chi connectivity index (χ1n) is 8.38. The Morgan fingerprint density at radius 3 is 2.50 bits per heavy atom. The first kappa shape index (κ1) is 19.9. The highest BCUT2D eigenvalue weighted by Gasteiger charge is 2.24. The van der Waals surface area contributed by atoms with Crippen LogP contribution >= 0.6 is 0 Å². The zero-order valence-corrected chi connectivity index (χ0v) is 15.1. The predicted molar refractivity (Wildman–Crippen MR) is 99.3 cm³/mol. The zero-order chi connectivity index (χ0) is 18.2. The fourth-order valence-corrected chi connectivity index (χ4v) is 2.31.